The Hall–Kier alpha value is -3.20. The fourth-order valence-electron chi connectivity index (χ4n) is 2.09. The fraction of sp³-hybridized carbons (Fsp3) is 0.0588. The number of aromatic nitrogens is 3. The third-order valence-corrected chi connectivity index (χ3v) is 3.45. The predicted octanol–water partition coefficient (Wildman–Crippen LogP) is 4.59. The SMILES string of the molecule is O=C(Nc1cc(C(F)(F)F)ccn1)c1cc(Cl)cc(Oc2cncnc2)c1. The minimum atomic E-state index is -4.54. The second kappa shape index (κ2) is 7.58. The topological polar surface area (TPSA) is 77.0 Å². The highest BCUT2D eigenvalue weighted by Crippen LogP contribution is 2.30. The average Bonchev–Trinajstić information content (AvgIpc) is 2.61. The van der Waals surface area contributed by atoms with Gasteiger partial charge in [0.25, 0.3) is 5.91 Å². The number of nitrogens with zero attached hydrogens (tertiary/aromatic N) is 3. The Morgan fingerprint density at radius 2 is 1.81 bits per heavy atom. The number of pyridine rings is 1. The highest BCUT2D eigenvalue weighted by atomic mass is 35.5. The van der Waals surface area contributed by atoms with Gasteiger partial charge in [-0.3, -0.25) is 4.79 Å². The van der Waals surface area contributed by atoms with Gasteiger partial charge in [-0.2, -0.15) is 13.2 Å². The van der Waals surface area contributed by atoms with E-state index in [4.69, 9.17) is 16.3 Å². The number of rotatable bonds is 4. The van der Waals surface area contributed by atoms with Crippen LogP contribution in [0, 0.1) is 0 Å². The van der Waals surface area contributed by atoms with Gasteiger partial charge in [-0.25, -0.2) is 15.0 Å². The molecule has 0 unspecified atom stereocenters. The molecule has 1 N–H and O–H groups in total. The van der Waals surface area contributed by atoms with Gasteiger partial charge in [0.1, 0.15) is 17.9 Å². The van der Waals surface area contributed by atoms with Crippen molar-refractivity contribution in [1.29, 1.82) is 0 Å². The molecule has 0 saturated carbocycles. The van der Waals surface area contributed by atoms with Crippen LogP contribution >= 0.6 is 11.6 Å². The smallest absolute Gasteiger partial charge is 0.416 e. The Labute approximate surface area is 156 Å². The van der Waals surface area contributed by atoms with Crippen LogP contribution in [0.5, 0.6) is 11.5 Å². The second-order valence-corrected chi connectivity index (χ2v) is 5.67. The van der Waals surface area contributed by atoms with E-state index < -0.39 is 17.6 Å². The summed E-state index contributed by atoms with van der Waals surface area (Å²) in [5, 5.41) is 2.50. The van der Waals surface area contributed by atoms with Crippen molar-refractivity contribution in [2.45, 2.75) is 6.18 Å². The van der Waals surface area contributed by atoms with Crippen molar-refractivity contribution in [3.05, 3.63) is 71.4 Å². The maximum atomic E-state index is 12.8. The lowest BCUT2D eigenvalue weighted by molar-refractivity contribution is -0.137. The second-order valence-electron chi connectivity index (χ2n) is 5.23. The Balaban J connectivity index is 1.81. The summed E-state index contributed by atoms with van der Waals surface area (Å²) in [7, 11) is 0. The number of ether oxygens (including phenoxy) is 1. The van der Waals surface area contributed by atoms with Crippen LogP contribution in [0.3, 0.4) is 0 Å². The number of amides is 1. The summed E-state index contributed by atoms with van der Waals surface area (Å²) in [6.07, 6.45) is 0.573. The molecule has 2 aromatic heterocycles. The standard InChI is InChI=1S/C17H10ClF3N4O2/c18-12-3-10(4-13(6-12)27-14-7-22-9-23-8-14)16(26)25-15-5-11(1-2-24-15)17(19,20)21/h1-9H,(H,24,25,26). The molecule has 6 nitrogen and oxygen atoms in total. The van der Waals surface area contributed by atoms with Crippen molar-refractivity contribution in [3.63, 3.8) is 0 Å². The highest BCUT2D eigenvalue weighted by molar-refractivity contribution is 6.31. The quantitative estimate of drug-likeness (QED) is 0.700. The van der Waals surface area contributed by atoms with Crippen molar-refractivity contribution < 1.29 is 22.7 Å². The molecule has 0 aliphatic heterocycles. The summed E-state index contributed by atoms with van der Waals surface area (Å²) in [5.74, 6) is -0.377. The first-order valence-corrected chi connectivity index (χ1v) is 7.77. The molecule has 27 heavy (non-hydrogen) atoms. The van der Waals surface area contributed by atoms with E-state index >= 15 is 0 Å². The van der Waals surface area contributed by atoms with Crippen LogP contribution in [0.15, 0.2) is 55.2 Å². The third-order valence-electron chi connectivity index (χ3n) is 3.23. The van der Waals surface area contributed by atoms with Crippen LogP contribution in [0.25, 0.3) is 0 Å². The van der Waals surface area contributed by atoms with Gasteiger partial charge in [0, 0.05) is 16.8 Å². The summed E-state index contributed by atoms with van der Waals surface area (Å²) < 4.78 is 43.8. The predicted molar refractivity (Wildman–Crippen MR) is 90.8 cm³/mol. The maximum absolute atomic E-state index is 12.8. The van der Waals surface area contributed by atoms with Gasteiger partial charge in [-0.15, -0.1) is 0 Å². The van der Waals surface area contributed by atoms with Crippen molar-refractivity contribution in [1.82, 2.24) is 15.0 Å². The van der Waals surface area contributed by atoms with Crippen LogP contribution in [-0.4, -0.2) is 20.9 Å². The molecule has 0 saturated heterocycles. The molecule has 0 fully saturated rings. The van der Waals surface area contributed by atoms with Gasteiger partial charge in [-0.05, 0) is 30.3 Å². The first kappa shape index (κ1) is 18.6. The summed E-state index contributed by atoms with van der Waals surface area (Å²) in [5.41, 5.74) is -0.847. The van der Waals surface area contributed by atoms with Crippen molar-refractivity contribution in [3.8, 4) is 11.5 Å². The Morgan fingerprint density at radius 1 is 1.07 bits per heavy atom. The van der Waals surface area contributed by atoms with E-state index in [0.717, 1.165) is 18.3 Å². The van der Waals surface area contributed by atoms with Crippen LogP contribution < -0.4 is 10.1 Å². The fourth-order valence-corrected chi connectivity index (χ4v) is 2.32. The zero-order valence-electron chi connectivity index (χ0n) is 13.4. The first-order chi connectivity index (χ1) is 12.8. The Morgan fingerprint density at radius 3 is 2.52 bits per heavy atom. The normalized spacial score (nSPS) is 11.1. The molecule has 1 amide bonds. The molecule has 0 bridgehead atoms. The Bertz CT molecular complexity index is 968. The van der Waals surface area contributed by atoms with Gasteiger partial charge in [0.15, 0.2) is 5.75 Å². The van der Waals surface area contributed by atoms with Crippen molar-refractivity contribution in [2.24, 2.45) is 0 Å². The monoisotopic (exact) mass is 394 g/mol. The molecular weight excluding hydrogens is 385 g/mol. The largest absolute Gasteiger partial charge is 0.454 e. The minimum absolute atomic E-state index is 0.0774. The number of alkyl halides is 3. The number of benzene rings is 1. The molecular formula is C17H10ClF3N4O2. The Kier molecular flexibility index (Phi) is 5.22. The average molecular weight is 395 g/mol. The molecule has 3 aromatic rings. The van der Waals surface area contributed by atoms with Crippen LogP contribution in [0.1, 0.15) is 15.9 Å². The number of nitrogens with one attached hydrogen (secondary N) is 1. The lowest BCUT2D eigenvalue weighted by atomic mass is 10.2. The van der Waals surface area contributed by atoms with Crippen molar-refractivity contribution >= 4 is 23.3 Å². The van der Waals surface area contributed by atoms with Gasteiger partial charge in [-0.1, -0.05) is 11.6 Å². The lowest BCUT2D eigenvalue weighted by Gasteiger charge is -2.10. The van der Waals surface area contributed by atoms with Gasteiger partial charge in [0.05, 0.1) is 18.0 Å². The van der Waals surface area contributed by atoms with Crippen LogP contribution in [0.4, 0.5) is 19.0 Å². The number of hydrogen-bond acceptors (Lipinski definition) is 5. The van der Waals surface area contributed by atoms with E-state index in [1.54, 1.807) is 0 Å². The summed E-state index contributed by atoms with van der Waals surface area (Å²) in [6.45, 7) is 0. The van der Waals surface area contributed by atoms with E-state index in [9.17, 15) is 18.0 Å². The summed E-state index contributed by atoms with van der Waals surface area (Å²) >= 11 is 5.99. The maximum Gasteiger partial charge on any atom is 0.416 e. The van der Waals surface area contributed by atoms with E-state index in [1.165, 1.54) is 36.9 Å². The van der Waals surface area contributed by atoms with Gasteiger partial charge >= 0.3 is 6.18 Å². The molecule has 1 aromatic carbocycles. The van der Waals surface area contributed by atoms with Crippen LogP contribution in [-0.2, 0) is 6.18 Å². The van der Waals surface area contributed by atoms with E-state index in [-0.39, 0.29) is 22.2 Å². The van der Waals surface area contributed by atoms with Crippen molar-refractivity contribution in [2.75, 3.05) is 5.32 Å². The lowest BCUT2D eigenvalue weighted by Crippen LogP contribution is -2.14. The zero-order valence-corrected chi connectivity index (χ0v) is 14.1. The molecule has 0 aliphatic rings. The minimum Gasteiger partial charge on any atom is -0.454 e. The third kappa shape index (κ3) is 4.91. The van der Waals surface area contributed by atoms with E-state index in [1.807, 2.05) is 0 Å². The first-order valence-electron chi connectivity index (χ1n) is 7.39. The van der Waals surface area contributed by atoms with Crippen LogP contribution in [0.2, 0.25) is 5.02 Å². The number of halogens is 4. The number of carbonyl (C=O) groups excluding carboxylic acids is 1. The summed E-state index contributed by atoms with van der Waals surface area (Å²) in [4.78, 5) is 23.7. The molecule has 10 heteroatoms. The molecule has 138 valence electrons. The number of hydrogen-bond donors (Lipinski definition) is 1. The zero-order chi connectivity index (χ0) is 19.4. The molecule has 0 atom stereocenters. The summed E-state index contributed by atoms with van der Waals surface area (Å²) in [6, 6.07) is 5.73. The van der Waals surface area contributed by atoms with Gasteiger partial charge in [0.2, 0.25) is 0 Å². The van der Waals surface area contributed by atoms with Gasteiger partial charge < -0.3 is 10.1 Å². The molecule has 0 spiro atoms. The number of anilines is 1. The van der Waals surface area contributed by atoms with E-state index in [0.29, 0.717) is 5.75 Å². The molecule has 3 rings (SSSR count). The molecule has 2 heterocycles. The number of carbonyl (C=O) groups is 1. The molecule has 0 radical (unpaired) electrons. The molecule has 0 aliphatic carbocycles. The van der Waals surface area contributed by atoms with E-state index in [2.05, 4.69) is 20.3 Å². The highest BCUT2D eigenvalue weighted by Gasteiger charge is 2.30.